The van der Waals surface area contributed by atoms with Gasteiger partial charge in [-0.3, -0.25) is 19.4 Å². The summed E-state index contributed by atoms with van der Waals surface area (Å²) in [6, 6.07) is 12.8. The molecule has 1 aliphatic heterocycles. The monoisotopic (exact) mass is 425 g/mol. The molecule has 1 aliphatic rings. The molecule has 1 aromatic heterocycles. The molecule has 6 nitrogen and oxygen atoms in total. The van der Waals surface area contributed by atoms with E-state index >= 15 is 0 Å². The van der Waals surface area contributed by atoms with Gasteiger partial charge in [0.05, 0.1) is 26.9 Å². The number of aryl methyl sites for hydroxylation is 1. The maximum absolute atomic E-state index is 12.7. The Morgan fingerprint density at radius 2 is 1.79 bits per heavy atom. The fourth-order valence-corrected chi connectivity index (χ4v) is 3.66. The van der Waals surface area contributed by atoms with Crippen molar-refractivity contribution < 1.29 is 14.4 Å². The molecule has 0 saturated heterocycles. The van der Waals surface area contributed by atoms with Crippen LogP contribution in [0, 0.1) is 6.92 Å². The summed E-state index contributed by atoms with van der Waals surface area (Å²) in [5, 5.41) is 3.04. The van der Waals surface area contributed by atoms with Gasteiger partial charge in [0.1, 0.15) is 5.69 Å². The van der Waals surface area contributed by atoms with E-state index in [0.29, 0.717) is 11.4 Å². The Balaban J connectivity index is 1.63. The van der Waals surface area contributed by atoms with E-state index in [4.69, 9.17) is 23.2 Å². The van der Waals surface area contributed by atoms with E-state index in [9.17, 15) is 14.4 Å². The molecular weight excluding hydrogens is 413 g/mol. The van der Waals surface area contributed by atoms with Crippen LogP contribution in [0.1, 0.15) is 36.8 Å². The van der Waals surface area contributed by atoms with E-state index < -0.39 is 11.8 Å². The van der Waals surface area contributed by atoms with Gasteiger partial charge in [-0.1, -0.05) is 35.3 Å². The molecule has 29 heavy (non-hydrogen) atoms. The number of carbonyl (C=O) groups is 3. The molecule has 8 heteroatoms. The molecule has 1 N–H and O–H groups in total. The Labute approximate surface area is 176 Å². The predicted molar refractivity (Wildman–Crippen MR) is 111 cm³/mol. The molecule has 2 heterocycles. The quantitative estimate of drug-likeness (QED) is 0.613. The topological polar surface area (TPSA) is 79.4 Å². The van der Waals surface area contributed by atoms with Gasteiger partial charge in [-0.15, -0.1) is 0 Å². The van der Waals surface area contributed by atoms with E-state index in [2.05, 4.69) is 10.3 Å². The molecular formula is C21H13Cl2N3O3. The lowest BCUT2D eigenvalue weighted by Crippen LogP contribution is -2.29. The van der Waals surface area contributed by atoms with Crippen LogP contribution in [0.2, 0.25) is 10.0 Å². The van der Waals surface area contributed by atoms with Crippen LogP contribution in [0.15, 0.2) is 54.7 Å². The summed E-state index contributed by atoms with van der Waals surface area (Å²) >= 11 is 12.4. The second kappa shape index (κ2) is 7.31. The molecule has 4 rings (SSSR count). The molecule has 0 atom stereocenters. The van der Waals surface area contributed by atoms with Gasteiger partial charge in [0.15, 0.2) is 0 Å². The highest BCUT2D eigenvalue weighted by molar-refractivity contribution is 6.44. The zero-order chi connectivity index (χ0) is 20.7. The number of carbonyl (C=O) groups excluding carboxylic acids is 3. The second-order valence-corrected chi connectivity index (χ2v) is 7.21. The molecule has 0 saturated carbocycles. The number of benzene rings is 2. The normalized spacial score (nSPS) is 12.9. The van der Waals surface area contributed by atoms with Crippen molar-refractivity contribution in [2.24, 2.45) is 0 Å². The summed E-state index contributed by atoms with van der Waals surface area (Å²) in [4.78, 5) is 42.9. The predicted octanol–water partition coefficient (Wildman–Crippen LogP) is 4.75. The number of aromatic nitrogens is 1. The first-order valence-electron chi connectivity index (χ1n) is 8.58. The van der Waals surface area contributed by atoms with E-state index in [0.717, 1.165) is 10.5 Å². The van der Waals surface area contributed by atoms with E-state index in [1.807, 2.05) is 0 Å². The van der Waals surface area contributed by atoms with Crippen molar-refractivity contribution in [1.82, 2.24) is 4.98 Å². The lowest BCUT2D eigenvalue weighted by Gasteiger charge is -2.16. The third-order valence-corrected chi connectivity index (χ3v) is 5.15. The van der Waals surface area contributed by atoms with E-state index in [-0.39, 0.29) is 32.8 Å². The Morgan fingerprint density at radius 1 is 1.00 bits per heavy atom. The minimum absolute atomic E-state index is 0.131. The molecule has 0 bridgehead atoms. The highest BCUT2D eigenvalue weighted by Crippen LogP contribution is 2.37. The van der Waals surface area contributed by atoms with Crippen LogP contribution in [0.3, 0.4) is 0 Å². The molecule has 0 radical (unpaired) electrons. The van der Waals surface area contributed by atoms with Gasteiger partial charge in [-0.2, -0.15) is 0 Å². The van der Waals surface area contributed by atoms with Gasteiger partial charge < -0.3 is 5.32 Å². The Kier molecular flexibility index (Phi) is 4.82. The standard InChI is InChI=1S/C21H13Cl2N3O3/c1-11-4-3-9-24-18(11)19(27)25-12-7-8-16(15(23)10-12)26-20(28)13-5-2-6-14(22)17(13)21(26)29/h2-10H,1H3,(H,25,27). The van der Waals surface area contributed by atoms with Crippen molar-refractivity contribution in [3.05, 3.63) is 87.2 Å². The van der Waals surface area contributed by atoms with Crippen molar-refractivity contribution in [2.45, 2.75) is 6.92 Å². The van der Waals surface area contributed by atoms with Crippen molar-refractivity contribution in [1.29, 1.82) is 0 Å². The molecule has 144 valence electrons. The van der Waals surface area contributed by atoms with Crippen molar-refractivity contribution in [3.63, 3.8) is 0 Å². The largest absolute Gasteiger partial charge is 0.321 e. The van der Waals surface area contributed by atoms with Gasteiger partial charge in [0.25, 0.3) is 17.7 Å². The smallest absolute Gasteiger partial charge is 0.274 e. The molecule has 0 spiro atoms. The summed E-state index contributed by atoms with van der Waals surface area (Å²) in [7, 11) is 0. The van der Waals surface area contributed by atoms with Crippen LogP contribution in [-0.2, 0) is 0 Å². The minimum Gasteiger partial charge on any atom is -0.321 e. The Hall–Kier alpha value is -3.22. The van der Waals surface area contributed by atoms with Gasteiger partial charge in [-0.05, 0) is 48.9 Å². The minimum atomic E-state index is -0.543. The SMILES string of the molecule is Cc1cccnc1C(=O)Nc1ccc(N2C(=O)c3cccc(Cl)c3C2=O)c(Cl)c1. The molecule has 0 aliphatic carbocycles. The Bertz CT molecular complexity index is 1190. The third-order valence-electron chi connectivity index (χ3n) is 4.54. The fourth-order valence-electron chi connectivity index (χ4n) is 3.14. The molecule has 3 aromatic rings. The first-order chi connectivity index (χ1) is 13.9. The molecule has 0 unspecified atom stereocenters. The lowest BCUT2D eigenvalue weighted by molar-refractivity contribution is 0.0924. The van der Waals surface area contributed by atoms with Crippen LogP contribution in [-0.4, -0.2) is 22.7 Å². The summed E-state index contributed by atoms with van der Waals surface area (Å²) < 4.78 is 0. The number of rotatable bonds is 3. The van der Waals surface area contributed by atoms with E-state index in [1.54, 1.807) is 43.3 Å². The number of nitrogens with zero attached hydrogens (tertiary/aromatic N) is 2. The number of hydrogen-bond donors (Lipinski definition) is 1. The average molecular weight is 426 g/mol. The molecule has 3 amide bonds. The average Bonchev–Trinajstić information content (AvgIpc) is 2.94. The number of halogens is 2. The Morgan fingerprint density at radius 3 is 2.48 bits per heavy atom. The van der Waals surface area contributed by atoms with E-state index in [1.165, 1.54) is 18.3 Å². The molecule has 0 fully saturated rings. The number of nitrogens with one attached hydrogen (secondary N) is 1. The summed E-state index contributed by atoms with van der Waals surface area (Å²) in [6.45, 7) is 1.78. The highest BCUT2D eigenvalue weighted by atomic mass is 35.5. The van der Waals surface area contributed by atoms with Crippen LogP contribution < -0.4 is 10.2 Å². The summed E-state index contributed by atoms with van der Waals surface area (Å²) in [6.07, 6.45) is 1.53. The van der Waals surface area contributed by atoms with Gasteiger partial charge >= 0.3 is 0 Å². The third kappa shape index (κ3) is 3.26. The zero-order valence-electron chi connectivity index (χ0n) is 15.1. The van der Waals surface area contributed by atoms with Gasteiger partial charge in [-0.25, -0.2) is 4.90 Å². The number of amides is 3. The number of imide groups is 1. The fraction of sp³-hybridized carbons (Fsp3) is 0.0476. The first kappa shape index (κ1) is 19.1. The first-order valence-corrected chi connectivity index (χ1v) is 9.34. The van der Waals surface area contributed by atoms with Gasteiger partial charge in [0, 0.05) is 11.9 Å². The van der Waals surface area contributed by atoms with Crippen LogP contribution in [0.25, 0.3) is 0 Å². The van der Waals surface area contributed by atoms with Crippen molar-refractivity contribution >= 4 is 52.3 Å². The lowest BCUT2D eigenvalue weighted by atomic mass is 10.1. The van der Waals surface area contributed by atoms with Crippen molar-refractivity contribution in [3.8, 4) is 0 Å². The number of hydrogen-bond acceptors (Lipinski definition) is 4. The second-order valence-electron chi connectivity index (χ2n) is 6.40. The van der Waals surface area contributed by atoms with Crippen LogP contribution in [0.4, 0.5) is 11.4 Å². The van der Waals surface area contributed by atoms with Crippen LogP contribution in [0.5, 0.6) is 0 Å². The molecule has 2 aromatic carbocycles. The maximum Gasteiger partial charge on any atom is 0.274 e. The summed E-state index contributed by atoms with van der Waals surface area (Å²) in [5.74, 6) is -1.44. The number of pyridine rings is 1. The van der Waals surface area contributed by atoms with Gasteiger partial charge in [0.2, 0.25) is 0 Å². The maximum atomic E-state index is 12.7. The summed E-state index contributed by atoms with van der Waals surface area (Å²) in [5.41, 5.74) is 2.02. The van der Waals surface area contributed by atoms with Crippen LogP contribution >= 0.6 is 23.2 Å². The number of fused-ring (bicyclic) bond motifs is 1. The number of anilines is 2. The van der Waals surface area contributed by atoms with Crippen molar-refractivity contribution in [2.75, 3.05) is 10.2 Å². The zero-order valence-corrected chi connectivity index (χ0v) is 16.6. The highest BCUT2D eigenvalue weighted by Gasteiger charge is 2.39.